The van der Waals surface area contributed by atoms with Gasteiger partial charge in [0.1, 0.15) is 5.15 Å². The van der Waals surface area contributed by atoms with Crippen LogP contribution in [0.4, 0.5) is 0 Å². The predicted molar refractivity (Wildman–Crippen MR) is 55.3 cm³/mol. The van der Waals surface area contributed by atoms with E-state index < -0.39 is 0 Å². The standard InChI is InChI=1S/C7H5BrCl2N2O/c1-11-7(13)3-2-12-6(10)4(8)5(3)9/h2H,1H3,(H,11,13). The second kappa shape index (κ2) is 4.26. The summed E-state index contributed by atoms with van der Waals surface area (Å²) in [5, 5.41) is 2.94. The van der Waals surface area contributed by atoms with Gasteiger partial charge in [0.25, 0.3) is 5.91 Å². The van der Waals surface area contributed by atoms with Crippen LogP contribution < -0.4 is 5.32 Å². The Morgan fingerprint density at radius 3 is 2.77 bits per heavy atom. The number of carbonyl (C=O) groups is 1. The fourth-order valence-corrected chi connectivity index (χ4v) is 1.47. The van der Waals surface area contributed by atoms with Crippen molar-refractivity contribution in [2.45, 2.75) is 0 Å². The minimum Gasteiger partial charge on any atom is -0.355 e. The summed E-state index contributed by atoms with van der Waals surface area (Å²) in [6, 6.07) is 0. The number of amides is 1. The molecule has 0 aliphatic rings. The van der Waals surface area contributed by atoms with Crippen LogP contribution in [0.3, 0.4) is 0 Å². The van der Waals surface area contributed by atoms with Crippen molar-refractivity contribution in [1.82, 2.24) is 10.3 Å². The maximum atomic E-state index is 11.2. The molecule has 3 nitrogen and oxygen atoms in total. The van der Waals surface area contributed by atoms with E-state index in [0.29, 0.717) is 10.0 Å². The van der Waals surface area contributed by atoms with Crippen LogP contribution in [0.25, 0.3) is 0 Å². The molecule has 0 aliphatic carbocycles. The largest absolute Gasteiger partial charge is 0.355 e. The monoisotopic (exact) mass is 282 g/mol. The van der Waals surface area contributed by atoms with Crippen molar-refractivity contribution in [2.75, 3.05) is 7.05 Å². The van der Waals surface area contributed by atoms with Crippen LogP contribution in [0, 0.1) is 0 Å². The van der Waals surface area contributed by atoms with Crippen molar-refractivity contribution in [3.8, 4) is 0 Å². The Morgan fingerprint density at radius 2 is 2.23 bits per heavy atom. The third kappa shape index (κ3) is 2.13. The van der Waals surface area contributed by atoms with E-state index in [1.807, 2.05) is 0 Å². The lowest BCUT2D eigenvalue weighted by molar-refractivity contribution is 0.0963. The highest BCUT2D eigenvalue weighted by Crippen LogP contribution is 2.30. The number of hydrogen-bond donors (Lipinski definition) is 1. The normalized spacial score (nSPS) is 9.85. The van der Waals surface area contributed by atoms with Gasteiger partial charge in [0.15, 0.2) is 0 Å². The maximum Gasteiger partial charge on any atom is 0.254 e. The Kier molecular flexibility index (Phi) is 3.53. The van der Waals surface area contributed by atoms with Gasteiger partial charge in [-0.1, -0.05) is 23.2 Å². The Labute approximate surface area is 93.6 Å². The summed E-state index contributed by atoms with van der Waals surface area (Å²) in [5.74, 6) is -0.296. The SMILES string of the molecule is CNC(=O)c1cnc(Cl)c(Br)c1Cl. The minimum atomic E-state index is -0.296. The molecule has 0 aliphatic heterocycles. The van der Waals surface area contributed by atoms with Crippen LogP contribution in [0.1, 0.15) is 10.4 Å². The lowest BCUT2D eigenvalue weighted by atomic mass is 10.3. The van der Waals surface area contributed by atoms with Gasteiger partial charge in [0.05, 0.1) is 15.1 Å². The molecule has 0 saturated heterocycles. The van der Waals surface area contributed by atoms with E-state index >= 15 is 0 Å². The highest BCUT2D eigenvalue weighted by atomic mass is 79.9. The van der Waals surface area contributed by atoms with Gasteiger partial charge < -0.3 is 5.32 Å². The number of aromatic nitrogens is 1. The van der Waals surface area contributed by atoms with Crippen molar-refractivity contribution in [3.63, 3.8) is 0 Å². The van der Waals surface area contributed by atoms with Crippen molar-refractivity contribution in [2.24, 2.45) is 0 Å². The first kappa shape index (κ1) is 10.8. The average Bonchev–Trinajstić information content (AvgIpc) is 2.13. The smallest absolute Gasteiger partial charge is 0.254 e. The highest BCUT2D eigenvalue weighted by molar-refractivity contribution is 9.10. The van der Waals surface area contributed by atoms with Gasteiger partial charge in [-0.15, -0.1) is 0 Å². The van der Waals surface area contributed by atoms with Crippen LogP contribution in [0.2, 0.25) is 10.2 Å². The van der Waals surface area contributed by atoms with Crippen LogP contribution in [0.15, 0.2) is 10.7 Å². The number of carbonyl (C=O) groups excluding carboxylic acids is 1. The van der Waals surface area contributed by atoms with Crippen molar-refractivity contribution < 1.29 is 4.79 Å². The molecule has 70 valence electrons. The van der Waals surface area contributed by atoms with Gasteiger partial charge in [-0.2, -0.15) is 0 Å². The van der Waals surface area contributed by atoms with Gasteiger partial charge in [0.2, 0.25) is 0 Å². The first-order chi connectivity index (χ1) is 6.07. The van der Waals surface area contributed by atoms with Gasteiger partial charge in [-0.05, 0) is 15.9 Å². The van der Waals surface area contributed by atoms with Crippen molar-refractivity contribution >= 4 is 45.0 Å². The molecule has 1 aromatic rings. The third-order valence-corrected chi connectivity index (χ3v) is 3.30. The van der Waals surface area contributed by atoms with Crippen molar-refractivity contribution in [3.05, 3.63) is 26.4 Å². The Morgan fingerprint density at radius 1 is 1.62 bits per heavy atom. The summed E-state index contributed by atoms with van der Waals surface area (Å²) in [7, 11) is 1.52. The molecule has 0 aromatic carbocycles. The summed E-state index contributed by atoms with van der Waals surface area (Å²) in [6.07, 6.45) is 1.33. The van der Waals surface area contributed by atoms with Gasteiger partial charge in [0, 0.05) is 13.2 Å². The lowest BCUT2D eigenvalue weighted by Gasteiger charge is -2.04. The molecule has 0 unspecified atom stereocenters. The molecule has 1 heterocycles. The van der Waals surface area contributed by atoms with Crippen LogP contribution in [-0.2, 0) is 0 Å². The molecule has 1 N–H and O–H groups in total. The van der Waals surface area contributed by atoms with E-state index in [4.69, 9.17) is 23.2 Å². The molecule has 1 rings (SSSR count). The van der Waals surface area contributed by atoms with E-state index in [1.165, 1.54) is 13.2 Å². The summed E-state index contributed by atoms with van der Waals surface area (Å²) < 4.78 is 0.428. The molecule has 1 aromatic heterocycles. The second-order valence-electron chi connectivity index (χ2n) is 2.17. The number of nitrogens with one attached hydrogen (secondary N) is 1. The van der Waals surface area contributed by atoms with Gasteiger partial charge in [-0.3, -0.25) is 4.79 Å². The summed E-state index contributed by atoms with van der Waals surface area (Å²) in [5.41, 5.74) is 0.292. The molecule has 1 amide bonds. The number of rotatable bonds is 1. The minimum absolute atomic E-state index is 0.234. The van der Waals surface area contributed by atoms with Gasteiger partial charge in [-0.25, -0.2) is 4.98 Å². The van der Waals surface area contributed by atoms with E-state index in [-0.39, 0.29) is 16.1 Å². The fourth-order valence-electron chi connectivity index (χ4n) is 0.736. The van der Waals surface area contributed by atoms with Crippen LogP contribution in [0.5, 0.6) is 0 Å². The van der Waals surface area contributed by atoms with Crippen molar-refractivity contribution in [1.29, 1.82) is 0 Å². The van der Waals surface area contributed by atoms with Crippen LogP contribution >= 0.6 is 39.1 Å². The van der Waals surface area contributed by atoms with Gasteiger partial charge >= 0.3 is 0 Å². The third-order valence-electron chi connectivity index (χ3n) is 1.39. The Bertz CT molecular complexity index is 357. The Balaban J connectivity index is 3.26. The van der Waals surface area contributed by atoms with E-state index in [2.05, 4.69) is 26.2 Å². The molecular formula is C7H5BrCl2N2O. The number of pyridine rings is 1. The molecule has 0 spiro atoms. The molecule has 0 radical (unpaired) electrons. The molecule has 0 bridgehead atoms. The first-order valence-electron chi connectivity index (χ1n) is 3.29. The zero-order valence-electron chi connectivity index (χ0n) is 6.57. The topological polar surface area (TPSA) is 42.0 Å². The number of hydrogen-bond acceptors (Lipinski definition) is 2. The lowest BCUT2D eigenvalue weighted by Crippen LogP contribution is -2.18. The molecule has 0 fully saturated rings. The molecule has 0 saturated carbocycles. The first-order valence-corrected chi connectivity index (χ1v) is 4.84. The second-order valence-corrected chi connectivity index (χ2v) is 3.70. The molecular weight excluding hydrogens is 279 g/mol. The Hall–Kier alpha value is -0.320. The van der Waals surface area contributed by atoms with Crippen LogP contribution in [-0.4, -0.2) is 17.9 Å². The summed E-state index contributed by atoms with van der Waals surface area (Å²) in [4.78, 5) is 15.0. The molecule has 6 heteroatoms. The van der Waals surface area contributed by atoms with E-state index in [1.54, 1.807) is 0 Å². The quantitative estimate of drug-likeness (QED) is 0.805. The predicted octanol–water partition coefficient (Wildman–Crippen LogP) is 2.51. The van der Waals surface area contributed by atoms with E-state index in [9.17, 15) is 4.79 Å². The average molecular weight is 284 g/mol. The summed E-state index contributed by atoms with van der Waals surface area (Å²) >= 11 is 14.6. The zero-order chi connectivity index (χ0) is 10.0. The molecule has 0 atom stereocenters. The number of halogens is 3. The maximum absolute atomic E-state index is 11.2. The number of nitrogens with zero attached hydrogens (tertiary/aromatic N) is 1. The fraction of sp³-hybridized carbons (Fsp3) is 0.143. The zero-order valence-corrected chi connectivity index (χ0v) is 9.66. The highest BCUT2D eigenvalue weighted by Gasteiger charge is 2.14. The molecule has 13 heavy (non-hydrogen) atoms. The van der Waals surface area contributed by atoms with E-state index in [0.717, 1.165) is 0 Å². The summed E-state index contributed by atoms with van der Waals surface area (Å²) in [6.45, 7) is 0.